The zero-order valence-corrected chi connectivity index (χ0v) is 23.7. The van der Waals surface area contributed by atoms with E-state index in [0.717, 1.165) is 30.4 Å². The zero-order valence-electron chi connectivity index (χ0n) is 22.9. The number of ether oxygens (including phenoxy) is 1. The molecule has 0 radical (unpaired) electrons. The summed E-state index contributed by atoms with van der Waals surface area (Å²) in [6.45, 7) is 5.84. The summed E-state index contributed by atoms with van der Waals surface area (Å²) in [5.41, 5.74) is 2.96. The van der Waals surface area contributed by atoms with E-state index in [9.17, 15) is 13.2 Å². The quantitative estimate of drug-likeness (QED) is 0.425. The van der Waals surface area contributed by atoms with Crippen molar-refractivity contribution in [1.82, 2.24) is 15.3 Å². The lowest BCUT2D eigenvalue weighted by Crippen LogP contribution is -2.46. The molecule has 3 aromatic rings. The van der Waals surface area contributed by atoms with Crippen molar-refractivity contribution in [2.75, 3.05) is 30.0 Å². The van der Waals surface area contributed by atoms with Gasteiger partial charge >= 0.3 is 6.03 Å². The van der Waals surface area contributed by atoms with Gasteiger partial charge in [-0.05, 0) is 82.3 Å². The van der Waals surface area contributed by atoms with Crippen LogP contribution in [0.5, 0.6) is 0 Å². The van der Waals surface area contributed by atoms with Gasteiger partial charge in [0.05, 0.1) is 29.8 Å². The number of aryl methyl sites for hydroxylation is 1. The van der Waals surface area contributed by atoms with Gasteiger partial charge in [-0.2, -0.15) is 0 Å². The van der Waals surface area contributed by atoms with Gasteiger partial charge in [0.25, 0.3) is 0 Å². The van der Waals surface area contributed by atoms with E-state index in [1.165, 1.54) is 0 Å². The Morgan fingerprint density at radius 3 is 2.40 bits per heavy atom. The van der Waals surface area contributed by atoms with Crippen molar-refractivity contribution in [2.24, 2.45) is 0 Å². The second-order valence-electron chi connectivity index (χ2n) is 11.2. The third kappa shape index (κ3) is 5.06. The molecular formula is C30H35N5O4S. The molecule has 0 unspecified atom stereocenters. The van der Waals surface area contributed by atoms with Crippen LogP contribution >= 0.6 is 0 Å². The Kier molecular flexibility index (Phi) is 7.00. The zero-order chi connectivity index (χ0) is 27.9. The molecule has 40 heavy (non-hydrogen) atoms. The summed E-state index contributed by atoms with van der Waals surface area (Å²) in [7, 11) is -3.71. The number of hydrogen-bond acceptors (Lipinski definition) is 7. The first-order valence-corrected chi connectivity index (χ1v) is 15.5. The van der Waals surface area contributed by atoms with Crippen LogP contribution in [0.4, 0.5) is 16.3 Å². The minimum Gasteiger partial charge on any atom is -0.377 e. The van der Waals surface area contributed by atoms with E-state index in [4.69, 9.17) is 14.7 Å². The van der Waals surface area contributed by atoms with Crippen molar-refractivity contribution in [3.63, 3.8) is 0 Å². The van der Waals surface area contributed by atoms with Crippen LogP contribution < -0.4 is 15.5 Å². The van der Waals surface area contributed by atoms with Crippen molar-refractivity contribution in [3.8, 4) is 11.4 Å². The van der Waals surface area contributed by atoms with E-state index < -0.39 is 14.6 Å². The van der Waals surface area contributed by atoms with Crippen LogP contribution in [0.2, 0.25) is 0 Å². The lowest BCUT2D eigenvalue weighted by molar-refractivity contribution is 0.0985. The number of amides is 2. The first kappa shape index (κ1) is 26.7. The normalized spacial score (nSPS) is 20.4. The predicted octanol–water partition coefficient (Wildman–Crippen LogP) is 4.81. The van der Waals surface area contributed by atoms with Crippen LogP contribution in [-0.4, -0.2) is 56.3 Å². The molecule has 1 saturated heterocycles. The fourth-order valence-electron chi connectivity index (χ4n) is 5.40. The molecule has 10 heteroatoms. The third-order valence-corrected chi connectivity index (χ3v) is 10.7. The first-order valence-electron chi connectivity index (χ1n) is 14.0. The number of nitrogens with one attached hydrogen (secondary N) is 2. The predicted molar refractivity (Wildman–Crippen MR) is 154 cm³/mol. The monoisotopic (exact) mass is 561 g/mol. The van der Waals surface area contributed by atoms with Gasteiger partial charge in [-0.3, -0.25) is 0 Å². The summed E-state index contributed by atoms with van der Waals surface area (Å²) in [5.74, 6) is 1.16. The number of hydrogen-bond donors (Lipinski definition) is 2. The van der Waals surface area contributed by atoms with Crippen LogP contribution in [0.3, 0.4) is 0 Å². The molecule has 0 bridgehead atoms. The lowest BCUT2D eigenvalue weighted by Gasteiger charge is -2.41. The van der Waals surface area contributed by atoms with Gasteiger partial charge in [-0.1, -0.05) is 17.7 Å². The number of aromatic nitrogens is 2. The van der Waals surface area contributed by atoms with Crippen molar-refractivity contribution in [3.05, 3.63) is 65.9 Å². The standard InChI is InChI=1S/C30H35N5O4S/c1-20-4-12-25(13-5-20)40(37,38)30(14-3-15-30)26-18-27(35-16-17-39-19-21(35)2)34-28(33-26)22-6-8-23(9-7-22)31-29(36)32-24-10-11-24/h4-9,12-13,18,21,24H,3,10-11,14-17,19H2,1-2H3,(H2,31,32,36)/t21-/m0/s1. The Balaban J connectivity index is 1.39. The van der Waals surface area contributed by atoms with Gasteiger partial charge < -0.3 is 20.3 Å². The number of anilines is 2. The molecule has 3 aliphatic rings. The number of carbonyl (C=O) groups is 1. The number of morpholine rings is 1. The SMILES string of the molecule is Cc1ccc(S(=O)(=O)C2(c3cc(N4CCOC[C@@H]4C)nc(-c4ccc(NC(=O)NC5CC5)cc4)n3)CCC2)cc1. The highest BCUT2D eigenvalue weighted by molar-refractivity contribution is 7.92. The summed E-state index contributed by atoms with van der Waals surface area (Å²) >= 11 is 0. The third-order valence-electron chi connectivity index (χ3n) is 8.16. The summed E-state index contributed by atoms with van der Waals surface area (Å²) < 4.78 is 32.8. The molecule has 9 nitrogen and oxygen atoms in total. The number of rotatable bonds is 7. The fourth-order valence-corrected chi connectivity index (χ4v) is 7.55. The van der Waals surface area contributed by atoms with Crippen molar-refractivity contribution >= 4 is 27.4 Å². The lowest BCUT2D eigenvalue weighted by atomic mass is 9.81. The van der Waals surface area contributed by atoms with Gasteiger partial charge in [0.1, 0.15) is 10.6 Å². The number of carbonyl (C=O) groups excluding carboxylic acids is 1. The van der Waals surface area contributed by atoms with Crippen LogP contribution in [0.15, 0.2) is 59.5 Å². The van der Waals surface area contributed by atoms with Gasteiger partial charge in [0.15, 0.2) is 15.7 Å². The summed E-state index contributed by atoms with van der Waals surface area (Å²) in [5, 5.41) is 5.78. The van der Waals surface area contributed by atoms with Gasteiger partial charge in [-0.25, -0.2) is 23.2 Å². The Morgan fingerprint density at radius 1 is 1.05 bits per heavy atom. The highest BCUT2D eigenvalue weighted by Crippen LogP contribution is 2.51. The van der Waals surface area contributed by atoms with Crippen LogP contribution in [0.25, 0.3) is 11.4 Å². The highest BCUT2D eigenvalue weighted by Gasteiger charge is 2.52. The molecule has 1 atom stereocenters. The Morgan fingerprint density at radius 2 is 1.77 bits per heavy atom. The van der Waals surface area contributed by atoms with Crippen LogP contribution in [0.1, 0.15) is 50.3 Å². The first-order chi connectivity index (χ1) is 19.2. The molecular weight excluding hydrogens is 526 g/mol. The molecule has 210 valence electrons. The molecule has 2 amide bonds. The van der Waals surface area contributed by atoms with Gasteiger partial charge in [0, 0.05) is 29.9 Å². The largest absolute Gasteiger partial charge is 0.377 e. The summed E-state index contributed by atoms with van der Waals surface area (Å²) in [6.07, 6.45) is 3.88. The maximum atomic E-state index is 14.1. The minimum absolute atomic E-state index is 0.0898. The average Bonchev–Trinajstić information content (AvgIpc) is 3.72. The highest BCUT2D eigenvalue weighted by atomic mass is 32.2. The molecule has 2 aliphatic carbocycles. The van der Waals surface area contributed by atoms with Crippen molar-refractivity contribution in [1.29, 1.82) is 0 Å². The molecule has 1 aromatic heterocycles. The fraction of sp³-hybridized carbons (Fsp3) is 0.433. The minimum atomic E-state index is -3.71. The number of urea groups is 1. The van der Waals surface area contributed by atoms with Crippen LogP contribution in [-0.2, 0) is 19.3 Å². The second kappa shape index (κ2) is 10.5. The number of benzene rings is 2. The molecule has 0 spiro atoms. The number of sulfone groups is 1. The average molecular weight is 562 g/mol. The number of nitrogens with zero attached hydrogens (tertiary/aromatic N) is 3. The van der Waals surface area contributed by atoms with Crippen LogP contribution in [0, 0.1) is 6.92 Å². The van der Waals surface area contributed by atoms with E-state index in [1.54, 1.807) is 12.1 Å². The molecule has 2 saturated carbocycles. The molecule has 2 N–H and O–H groups in total. The second-order valence-corrected chi connectivity index (χ2v) is 13.4. The van der Waals surface area contributed by atoms with Crippen molar-refractivity contribution in [2.45, 2.75) is 67.7 Å². The van der Waals surface area contributed by atoms with E-state index in [1.807, 2.05) is 49.4 Å². The van der Waals surface area contributed by atoms with E-state index >= 15 is 0 Å². The molecule has 2 aromatic carbocycles. The molecule has 6 rings (SSSR count). The maximum Gasteiger partial charge on any atom is 0.319 e. The molecule has 3 fully saturated rings. The molecule has 1 aliphatic heterocycles. The topological polar surface area (TPSA) is 114 Å². The van der Waals surface area contributed by atoms with Gasteiger partial charge in [0.2, 0.25) is 0 Å². The van der Waals surface area contributed by atoms with E-state index in [-0.39, 0.29) is 18.1 Å². The summed E-state index contributed by atoms with van der Waals surface area (Å²) in [6, 6.07) is 16.4. The Bertz CT molecular complexity index is 1500. The van der Waals surface area contributed by atoms with E-state index in [2.05, 4.69) is 22.5 Å². The Hall–Kier alpha value is -3.50. The smallest absolute Gasteiger partial charge is 0.319 e. The molecule has 2 heterocycles. The van der Waals surface area contributed by atoms with E-state index in [0.29, 0.717) is 60.5 Å². The summed E-state index contributed by atoms with van der Waals surface area (Å²) in [4.78, 5) is 24.5. The van der Waals surface area contributed by atoms with Crippen molar-refractivity contribution < 1.29 is 17.9 Å². The van der Waals surface area contributed by atoms with Gasteiger partial charge in [-0.15, -0.1) is 0 Å². The Labute approximate surface area is 235 Å². The maximum absolute atomic E-state index is 14.1.